The highest BCUT2D eigenvalue weighted by Crippen LogP contribution is 2.44. The number of halogens is 1. The molecule has 4 nitrogen and oxygen atoms in total. The van der Waals surface area contributed by atoms with Crippen LogP contribution in [0.3, 0.4) is 0 Å². The van der Waals surface area contributed by atoms with Crippen LogP contribution in [0.25, 0.3) is 0 Å². The molecular weight excluding hydrogens is 281 g/mol. The molecule has 0 radical (unpaired) electrons. The Morgan fingerprint density at radius 2 is 2.05 bits per heavy atom. The van der Waals surface area contributed by atoms with Crippen molar-refractivity contribution >= 4 is 15.5 Å². The number of nitrogen functional groups attached to an aromatic ring is 1. The maximum Gasteiger partial charge on any atom is 0.181 e. The summed E-state index contributed by atoms with van der Waals surface area (Å²) < 4.78 is 44.4. The SMILES string of the molecule is Nc1cc(F)cc(S(=O)(=O)C2CCOC3(CCC3)C2)c1. The molecular formula is C14H18FNO3S. The van der Waals surface area contributed by atoms with E-state index < -0.39 is 20.9 Å². The van der Waals surface area contributed by atoms with Gasteiger partial charge in [0.1, 0.15) is 5.82 Å². The number of rotatable bonds is 2. The van der Waals surface area contributed by atoms with E-state index in [4.69, 9.17) is 10.5 Å². The van der Waals surface area contributed by atoms with E-state index in [9.17, 15) is 12.8 Å². The van der Waals surface area contributed by atoms with Crippen LogP contribution in [0.2, 0.25) is 0 Å². The van der Waals surface area contributed by atoms with Crippen LogP contribution in [-0.4, -0.2) is 25.9 Å². The lowest BCUT2D eigenvalue weighted by Crippen LogP contribution is -2.49. The summed E-state index contributed by atoms with van der Waals surface area (Å²) in [4.78, 5) is -0.0172. The Morgan fingerprint density at radius 1 is 1.30 bits per heavy atom. The summed E-state index contributed by atoms with van der Waals surface area (Å²) in [5.74, 6) is -0.617. The maximum atomic E-state index is 13.4. The first-order valence-corrected chi connectivity index (χ1v) is 8.40. The molecule has 110 valence electrons. The number of benzene rings is 1. The highest BCUT2D eigenvalue weighted by Gasteiger charge is 2.46. The molecule has 0 amide bonds. The van der Waals surface area contributed by atoms with E-state index in [1.807, 2.05) is 0 Å². The van der Waals surface area contributed by atoms with Gasteiger partial charge in [0, 0.05) is 12.3 Å². The van der Waals surface area contributed by atoms with Crippen molar-refractivity contribution in [2.24, 2.45) is 0 Å². The summed E-state index contributed by atoms with van der Waals surface area (Å²) in [6, 6.07) is 3.51. The Balaban J connectivity index is 1.91. The summed E-state index contributed by atoms with van der Waals surface area (Å²) in [7, 11) is -3.55. The molecule has 1 aromatic carbocycles. The third-order valence-corrected chi connectivity index (χ3v) is 6.55. The van der Waals surface area contributed by atoms with Gasteiger partial charge in [0.15, 0.2) is 9.84 Å². The van der Waals surface area contributed by atoms with Gasteiger partial charge in [0.2, 0.25) is 0 Å². The first kappa shape index (κ1) is 13.8. The molecule has 0 bridgehead atoms. The molecule has 1 spiro atoms. The van der Waals surface area contributed by atoms with Gasteiger partial charge >= 0.3 is 0 Å². The molecule has 6 heteroatoms. The van der Waals surface area contributed by atoms with Crippen LogP contribution in [0.5, 0.6) is 0 Å². The highest BCUT2D eigenvalue weighted by molar-refractivity contribution is 7.92. The van der Waals surface area contributed by atoms with Crippen LogP contribution >= 0.6 is 0 Å². The van der Waals surface area contributed by atoms with Crippen LogP contribution in [0, 0.1) is 5.82 Å². The molecule has 20 heavy (non-hydrogen) atoms. The van der Waals surface area contributed by atoms with Gasteiger partial charge < -0.3 is 10.5 Å². The van der Waals surface area contributed by atoms with E-state index in [2.05, 4.69) is 0 Å². The lowest BCUT2D eigenvalue weighted by Gasteiger charge is -2.46. The number of ether oxygens (including phenoxy) is 1. The summed E-state index contributed by atoms with van der Waals surface area (Å²) in [6.07, 6.45) is 3.89. The minimum Gasteiger partial charge on any atom is -0.399 e. The molecule has 0 aromatic heterocycles. The monoisotopic (exact) mass is 299 g/mol. The van der Waals surface area contributed by atoms with Crippen LogP contribution in [0.15, 0.2) is 23.1 Å². The number of nitrogens with two attached hydrogens (primary N) is 1. The molecule has 3 rings (SSSR count). The van der Waals surface area contributed by atoms with Gasteiger partial charge in [-0.05, 0) is 50.3 Å². The third kappa shape index (κ3) is 2.31. The quantitative estimate of drug-likeness (QED) is 0.851. The van der Waals surface area contributed by atoms with E-state index in [0.29, 0.717) is 19.4 Å². The van der Waals surface area contributed by atoms with E-state index in [1.54, 1.807) is 0 Å². The number of hydrogen-bond donors (Lipinski definition) is 1. The second kappa shape index (κ2) is 4.70. The molecule has 1 aliphatic carbocycles. The number of sulfone groups is 1. The molecule has 1 aliphatic heterocycles. The molecule has 1 aromatic rings. The van der Waals surface area contributed by atoms with Crippen molar-refractivity contribution in [3.63, 3.8) is 0 Å². The minimum absolute atomic E-state index is 0.0172. The van der Waals surface area contributed by atoms with E-state index >= 15 is 0 Å². The van der Waals surface area contributed by atoms with Crippen LogP contribution in [0.1, 0.15) is 32.1 Å². The molecule has 1 unspecified atom stereocenters. The highest BCUT2D eigenvalue weighted by atomic mass is 32.2. The summed E-state index contributed by atoms with van der Waals surface area (Å²) in [5, 5.41) is -0.502. The number of anilines is 1. The van der Waals surface area contributed by atoms with Crippen LogP contribution in [-0.2, 0) is 14.6 Å². The van der Waals surface area contributed by atoms with Gasteiger partial charge in [-0.3, -0.25) is 0 Å². The summed E-state index contributed by atoms with van der Waals surface area (Å²) >= 11 is 0. The zero-order chi connectivity index (χ0) is 14.4. The topological polar surface area (TPSA) is 69.4 Å². The second-order valence-electron chi connectivity index (χ2n) is 5.77. The van der Waals surface area contributed by atoms with E-state index in [0.717, 1.165) is 31.4 Å². The largest absolute Gasteiger partial charge is 0.399 e. The van der Waals surface area contributed by atoms with Crippen molar-refractivity contribution in [3.05, 3.63) is 24.0 Å². The summed E-state index contributed by atoms with van der Waals surface area (Å²) in [6.45, 7) is 0.453. The summed E-state index contributed by atoms with van der Waals surface area (Å²) in [5.41, 5.74) is 5.43. The lowest BCUT2D eigenvalue weighted by atomic mass is 9.75. The van der Waals surface area contributed by atoms with Gasteiger partial charge in [0.25, 0.3) is 0 Å². The fraction of sp³-hybridized carbons (Fsp3) is 0.571. The molecule has 1 saturated heterocycles. The predicted octanol–water partition coefficient (Wildman–Crippen LogP) is 2.28. The Morgan fingerprint density at radius 3 is 2.65 bits per heavy atom. The Bertz CT molecular complexity index is 605. The molecule has 2 aliphatic rings. The molecule has 2 fully saturated rings. The smallest absolute Gasteiger partial charge is 0.181 e. The third-order valence-electron chi connectivity index (χ3n) is 4.37. The first-order chi connectivity index (χ1) is 9.41. The van der Waals surface area contributed by atoms with Crippen molar-refractivity contribution in [2.45, 2.75) is 47.9 Å². The second-order valence-corrected chi connectivity index (χ2v) is 7.99. The van der Waals surface area contributed by atoms with Crippen molar-refractivity contribution < 1.29 is 17.5 Å². The molecule has 1 heterocycles. The normalized spacial score (nSPS) is 25.4. The fourth-order valence-corrected chi connectivity index (χ4v) is 5.00. The van der Waals surface area contributed by atoms with Crippen molar-refractivity contribution in [3.8, 4) is 0 Å². The molecule has 1 saturated carbocycles. The van der Waals surface area contributed by atoms with Crippen LogP contribution in [0.4, 0.5) is 10.1 Å². The molecule has 2 N–H and O–H groups in total. The van der Waals surface area contributed by atoms with Crippen LogP contribution < -0.4 is 5.73 Å². The minimum atomic E-state index is -3.55. The Hall–Kier alpha value is -1.14. The van der Waals surface area contributed by atoms with Gasteiger partial charge in [0.05, 0.1) is 15.7 Å². The van der Waals surface area contributed by atoms with Gasteiger partial charge in [-0.15, -0.1) is 0 Å². The fourth-order valence-electron chi connectivity index (χ4n) is 3.11. The Kier molecular flexibility index (Phi) is 3.25. The van der Waals surface area contributed by atoms with Gasteiger partial charge in [-0.25, -0.2) is 12.8 Å². The van der Waals surface area contributed by atoms with Crippen molar-refractivity contribution in [1.82, 2.24) is 0 Å². The average molecular weight is 299 g/mol. The van der Waals surface area contributed by atoms with Gasteiger partial charge in [-0.2, -0.15) is 0 Å². The molecule has 1 atom stereocenters. The lowest BCUT2D eigenvalue weighted by molar-refractivity contribution is -0.125. The standard InChI is InChI=1S/C14H18FNO3S/c15-10-6-11(16)8-13(7-10)20(17,18)12-2-5-19-14(9-12)3-1-4-14/h6-8,12H,1-5,9,16H2. The Labute approximate surface area is 118 Å². The van der Waals surface area contributed by atoms with Crippen molar-refractivity contribution in [1.29, 1.82) is 0 Å². The van der Waals surface area contributed by atoms with E-state index in [1.165, 1.54) is 6.07 Å². The van der Waals surface area contributed by atoms with E-state index in [-0.39, 0.29) is 16.2 Å². The zero-order valence-electron chi connectivity index (χ0n) is 11.1. The average Bonchev–Trinajstić information content (AvgIpc) is 2.36. The van der Waals surface area contributed by atoms with Crippen molar-refractivity contribution in [2.75, 3.05) is 12.3 Å². The maximum absolute atomic E-state index is 13.4. The predicted molar refractivity (Wildman–Crippen MR) is 73.6 cm³/mol. The zero-order valence-corrected chi connectivity index (χ0v) is 12.0. The number of hydrogen-bond acceptors (Lipinski definition) is 4. The van der Waals surface area contributed by atoms with Gasteiger partial charge in [-0.1, -0.05) is 0 Å². The first-order valence-electron chi connectivity index (χ1n) is 6.85.